The van der Waals surface area contributed by atoms with Crippen LogP contribution in [0.5, 0.6) is 0 Å². The van der Waals surface area contributed by atoms with Crippen molar-refractivity contribution in [2.75, 3.05) is 18.0 Å². The third-order valence-corrected chi connectivity index (χ3v) is 4.86. The number of hydrogen-bond donors (Lipinski definition) is 0. The summed E-state index contributed by atoms with van der Waals surface area (Å²) in [4.78, 5) is 18.0. The molecule has 26 heavy (non-hydrogen) atoms. The van der Waals surface area contributed by atoms with Gasteiger partial charge in [0.25, 0.3) is 17.4 Å². The summed E-state index contributed by atoms with van der Waals surface area (Å²) in [6.45, 7) is 1.83. The Bertz CT molecular complexity index is 926. The molecule has 0 N–H and O–H groups in total. The molecule has 7 nitrogen and oxygen atoms in total. The van der Waals surface area contributed by atoms with E-state index >= 15 is 0 Å². The van der Waals surface area contributed by atoms with Crippen molar-refractivity contribution < 1.29 is 4.52 Å². The Labute approximate surface area is 151 Å². The lowest BCUT2D eigenvalue weighted by atomic mass is 9.90. The molecule has 0 bridgehead atoms. The molecule has 0 radical (unpaired) electrons. The van der Waals surface area contributed by atoms with E-state index in [0.717, 1.165) is 32.4 Å². The average molecular weight is 351 g/mol. The number of anilines is 1. The second-order valence-corrected chi connectivity index (χ2v) is 6.70. The lowest BCUT2D eigenvalue weighted by Crippen LogP contribution is -2.35. The predicted molar refractivity (Wildman–Crippen MR) is 97.9 cm³/mol. The van der Waals surface area contributed by atoms with E-state index in [9.17, 15) is 4.79 Å². The van der Waals surface area contributed by atoms with E-state index in [4.69, 9.17) is 4.52 Å². The summed E-state index contributed by atoms with van der Waals surface area (Å²) in [5.74, 6) is 1.61. The molecule has 1 aliphatic heterocycles. The first-order valence-corrected chi connectivity index (χ1v) is 8.86. The summed E-state index contributed by atoms with van der Waals surface area (Å²) in [5, 5.41) is 8.24. The number of aromatic nitrogens is 4. The van der Waals surface area contributed by atoms with Gasteiger partial charge in [0.05, 0.1) is 0 Å². The van der Waals surface area contributed by atoms with Gasteiger partial charge >= 0.3 is 0 Å². The molecule has 4 rings (SSSR count). The normalized spacial score (nSPS) is 15.3. The van der Waals surface area contributed by atoms with Crippen LogP contribution in [0.2, 0.25) is 0 Å². The third kappa shape index (κ3) is 3.51. The van der Waals surface area contributed by atoms with Crippen LogP contribution in [0.4, 0.5) is 5.95 Å². The van der Waals surface area contributed by atoms with E-state index in [-0.39, 0.29) is 5.56 Å². The number of benzene rings is 1. The highest BCUT2D eigenvalue weighted by molar-refractivity contribution is 5.47. The molecule has 0 atom stereocenters. The fraction of sp³-hybridized carbons (Fsp3) is 0.368. The van der Waals surface area contributed by atoms with Crippen LogP contribution < -0.4 is 10.5 Å². The Balaban J connectivity index is 1.40. The van der Waals surface area contributed by atoms with Crippen molar-refractivity contribution in [3.05, 3.63) is 58.4 Å². The SMILES string of the molecule is Cn1nc(-c2nc(N3CCC(Cc4ccccc4)CC3)no2)ccc1=O. The molecule has 1 fully saturated rings. The second kappa shape index (κ2) is 7.11. The molecule has 0 amide bonds. The Morgan fingerprint density at radius 2 is 1.88 bits per heavy atom. The van der Waals surface area contributed by atoms with Crippen molar-refractivity contribution in [3.63, 3.8) is 0 Å². The Kier molecular flexibility index (Phi) is 4.51. The monoisotopic (exact) mass is 351 g/mol. The molecule has 1 aromatic carbocycles. The Hall–Kier alpha value is -2.96. The molecule has 0 aliphatic carbocycles. The lowest BCUT2D eigenvalue weighted by molar-refractivity contribution is 0.390. The molecule has 134 valence electrons. The van der Waals surface area contributed by atoms with Crippen LogP contribution in [-0.4, -0.2) is 33.0 Å². The maximum Gasteiger partial charge on any atom is 0.279 e. The largest absolute Gasteiger partial charge is 0.338 e. The molecule has 7 heteroatoms. The van der Waals surface area contributed by atoms with Gasteiger partial charge in [0, 0.05) is 26.2 Å². The van der Waals surface area contributed by atoms with Crippen molar-refractivity contribution in [3.8, 4) is 11.6 Å². The number of hydrogen-bond acceptors (Lipinski definition) is 6. The highest BCUT2D eigenvalue weighted by Crippen LogP contribution is 2.25. The minimum Gasteiger partial charge on any atom is -0.338 e. The van der Waals surface area contributed by atoms with Crippen LogP contribution in [-0.2, 0) is 13.5 Å². The van der Waals surface area contributed by atoms with Crippen LogP contribution in [0.15, 0.2) is 51.8 Å². The summed E-state index contributed by atoms with van der Waals surface area (Å²) < 4.78 is 6.60. The Morgan fingerprint density at radius 1 is 1.12 bits per heavy atom. The van der Waals surface area contributed by atoms with E-state index < -0.39 is 0 Å². The number of nitrogens with zero attached hydrogens (tertiary/aromatic N) is 5. The van der Waals surface area contributed by atoms with E-state index in [0.29, 0.717) is 23.5 Å². The van der Waals surface area contributed by atoms with Gasteiger partial charge in [-0.25, -0.2) is 4.68 Å². The van der Waals surface area contributed by atoms with Gasteiger partial charge in [0.1, 0.15) is 5.69 Å². The fourth-order valence-corrected chi connectivity index (χ4v) is 3.35. The molecular weight excluding hydrogens is 330 g/mol. The highest BCUT2D eigenvalue weighted by atomic mass is 16.5. The minimum absolute atomic E-state index is 0.172. The molecule has 1 aliphatic rings. The zero-order valence-corrected chi connectivity index (χ0v) is 14.7. The first-order chi connectivity index (χ1) is 12.7. The standard InChI is InChI=1S/C19H21N5O2/c1-23-17(25)8-7-16(21-23)18-20-19(22-26-18)24-11-9-15(10-12-24)13-14-5-3-2-4-6-14/h2-8,15H,9-13H2,1H3. The lowest BCUT2D eigenvalue weighted by Gasteiger charge is -2.30. The summed E-state index contributed by atoms with van der Waals surface area (Å²) in [6, 6.07) is 13.7. The molecule has 0 saturated carbocycles. The van der Waals surface area contributed by atoms with E-state index in [1.807, 2.05) is 0 Å². The van der Waals surface area contributed by atoms with Gasteiger partial charge in [0.15, 0.2) is 0 Å². The maximum atomic E-state index is 11.4. The molecule has 1 saturated heterocycles. The maximum absolute atomic E-state index is 11.4. The number of rotatable bonds is 4. The van der Waals surface area contributed by atoms with E-state index in [1.54, 1.807) is 13.1 Å². The van der Waals surface area contributed by atoms with Gasteiger partial charge < -0.3 is 9.42 Å². The fourth-order valence-electron chi connectivity index (χ4n) is 3.35. The molecule has 2 aromatic heterocycles. The van der Waals surface area contributed by atoms with Gasteiger partial charge in [0.2, 0.25) is 0 Å². The molecule has 0 unspecified atom stereocenters. The van der Waals surface area contributed by atoms with Crippen LogP contribution in [0.1, 0.15) is 18.4 Å². The summed E-state index contributed by atoms with van der Waals surface area (Å²) >= 11 is 0. The van der Waals surface area contributed by atoms with Crippen molar-refractivity contribution in [1.29, 1.82) is 0 Å². The van der Waals surface area contributed by atoms with E-state index in [1.165, 1.54) is 16.3 Å². The molecule has 3 aromatic rings. The van der Waals surface area contributed by atoms with Gasteiger partial charge in [-0.05, 0) is 42.0 Å². The predicted octanol–water partition coefficient (Wildman–Crippen LogP) is 2.29. The number of aryl methyl sites for hydroxylation is 1. The molecule has 0 spiro atoms. The van der Waals surface area contributed by atoms with Crippen molar-refractivity contribution in [1.82, 2.24) is 19.9 Å². The Morgan fingerprint density at radius 3 is 2.62 bits per heavy atom. The van der Waals surface area contributed by atoms with Crippen molar-refractivity contribution in [2.45, 2.75) is 19.3 Å². The zero-order valence-electron chi connectivity index (χ0n) is 14.7. The van der Waals surface area contributed by atoms with Gasteiger partial charge in [-0.15, -0.1) is 0 Å². The minimum atomic E-state index is -0.172. The third-order valence-electron chi connectivity index (χ3n) is 4.86. The van der Waals surface area contributed by atoms with Crippen molar-refractivity contribution in [2.24, 2.45) is 13.0 Å². The second-order valence-electron chi connectivity index (χ2n) is 6.70. The molecular formula is C19H21N5O2. The van der Waals surface area contributed by atoms with Crippen LogP contribution in [0.25, 0.3) is 11.6 Å². The first kappa shape index (κ1) is 16.5. The van der Waals surface area contributed by atoms with Gasteiger partial charge in [-0.2, -0.15) is 10.1 Å². The zero-order chi connectivity index (χ0) is 17.9. The van der Waals surface area contributed by atoms with Crippen LogP contribution in [0.3, 0.4) is 0 Å². The average Bonchev–Trinajstić information content (AvgIpc) is 3.16. The first-order valence-electron chi connectivity index (χ1n) is 8.86. The van der Waals surface area contributed by atoms with Gasteiger partial charge in [-0.3, -0.25) is 4.79 Å². The smallest absolute Gasteiger partial charge is 0.279 e. The summed E-state index contributed by atoms with van der Waals surface area (Å²) in [7, 11) is 1.60. The number of piperidine rings is 1. The summed E-state index contributed by atoms with van der Waals surface area (Å²) in [5.41, 5.74) is 1.73. The topological polar surface area (TPSA) is 77.1 Å². The van der Waals surface area contributed by atoms with Crippen LogP contribution in [0, 0.1) is 5.92 Å². The van der Waals surface area contributed by atoms with E-state index in [2.05, 4.69) is 50.5 Å². The highest BCUT2D eigenvalue weighted by Gasteiger charge is 2.23. The van der Waals surface area contributed by atoms with Crippen molar-refractivity contribution >= 4 is 5.95 Å². The van der Waals surface area contributed by atoms with Gasteiger partial charge in [-0.1, -0.05) is 30.3 Å². The molecule has 3 heterocycles. The summed E-state index contributed by atoms with van der Waals surface area (Å²) in [6.07, 6.45) is 3.34. The quantitative estimate of drug-likeness (QED) is 0.718. The van der Waals surface area contributed by atoms with Crippen LogP contribution >= 0.6 is 0 Å².